The zero-order valence-electron chi connectivity index (χ0n) is 14.4. The van der Waals surface area contributed by atoms with Crippen molar-refractivity contribution < 1.29 is 27.1 Å². The molecule has 9 heteroatoms. The van der Waals surface area contributed by atoms with E-state index in [1.54, 1.807) is 18.2 Å². The normalized spacial score (nSPS) is 21.0. The molecule has 2 aromatic carbocycles. The zero-order valence-corrected chi connectivity index (χ0v) is 15.1. The molecule has 0 spiro atoms. The summed E-state index contributed by atoms with van der Waals surface area (Å²) in [5, 5.41) is 2.53. The van der Waals surface area contributed by atoms with E-state index in [-0.39, 0.29) is 5.75 Å². The minimum absolute atomic E-state index is 0.198. The Hall–Kier alpha value is -2.48. The summed E-state index contributed by atoms with van der Waals surface area (Å²) in [5.41, 5.74) is 1.08. The fraction of sp³-hybridized carbons (Fsp3) is 0.316. The number of halogens is 5. The van der Waals surface area contributed by atoms with E-state index in [0.29, 0.717) is 41.4 Å². The first kappa shape index (κ1) is 18.9. The second-order valence-corrected chi connectivity index (χ2v) is 7.19. The molecular weight excluding hydrogens is 400 g/mol. The maximum absolute atomic E-state index is 13.8. The van der Waals surface area contributed by atoms with Gasteiger partial charge in [0.05, 0.1) is 17.8 Å². The molecule has 0 aromatic heterocycles. The van der Waals surface area contributed by atoms with E-state index in [1.165, 1.54) is 18.2 Å². The summed E-state index contributed by atoms with van der Waals surface area (Å²) in [4.78, 5) is 13.4. The highest BCUT2D eigenvalue weighted by molar-refractivity contribution is 6.31. The zero-order chi connectivity index (χ0) is 20.1. The summed E-state index contributed by atoms with van der Waals surface area (Å²) in [6.45, 7) is 0.524. The van der Waals surface area contributed by atoms with Crippen LogP contribution in [0.3, 0.4) is 0 Å². The molecule has 1 fully saturated rings. The van der Waals surface area contributed by atoms with Crippen LogP contribution < -0.4 is 15.0 Å². The lowest BCUT2D eigenvalue weighted by Gasteiger charge is -2.42. The number of alkyl halides is 3. The van der Waals surface area contributed by atoms with Crippen LogP contribution in [0.5, 0.6) is 11.5 Å². The molecule has 4 nitrogen and oxygen atoms in total. The Morgan fingerprint density at radius 1 is 1.18 bits per heavy atom. The quantitative estimate of drug-likeness (QED) is 0.670. The molecule has 0 aliphatic carbocycles. The van der Waals surface area contributed by atoms with Crippen LogP contribution in [0.4, 0.5) is 23.2 Å². The van der Waals surface area contributed by atoms with E-state index in [9.17, 15) is 22.4 Å². The number of benzene rings is 2. The number of piperidine rings is 1. The number of rotatable bonds is 1. The molecule has 2 heterocycles. The van der Waals surface area contributed by atoms with E-state index in [2.05, 4.69) is 5.32 Å². The van der Waals surface area contributed by atoms with Crippen LogP contribution in [0.15, 0.2) is 36.4 Å². The van der Waals surface area contributed by atoms with Crippen molar-refractivity contribution in [2.75, 3.05) is 11.4 Å². The van der Waals surface area contributed by atoms with Crippen LogP contribution >= 0.6 is 11.6 Å². The van der Waals surface area contributed by atoms with Crippen LogP contribution in [0.2, 0.25) is 5.02 Å². The van der Waals surface area contributed by atoms with Crippen LogP contribution in [-0.2, 0) is 4.79 Å². The number of anilines is 1. The third-order valence-corrected chi connectivity index (χ3v) is 5.18. The fourth-order valence-electron chi connectivity index (χ4n) is 3.81. The van der Waals surface area contributed by atoms with Gasteiger partial charge in [-0.3, -0.25) is 4.79 Å². The van der Waals surface area contributed by atoms with Gasteiger partial charge < -0.3 is 15.0 Å². The molecular formula is C19H15ClF4N2O2. The third-order valence-electron chi connectivity index (χ3n) is 4.95. The molecule has 2 aliphatic rings. The van der Waals surface area contributed by atoms with Gasteiger partial charge in [0.1, 0.15) is 11.6 Å². The lowest BCUT2D eigenvalue weighted by atomic mass is 9.89. The average molecular weight is 415 g/mol. The Morgan fingerprint density at radius 2 is 1.96 bits per heavy atom. The summed E-state index contributed by atoms with van der Waals surface area (Å²) in [5.74, 6) is -1.92. The predicted octanol–water partition coefficient (Wildman–Crippen LogP) is 4.97. The fourth-order valence-corrected chi connectivity index (χ4v) is 3.98. The van der Waals surface area contributed by atoms with Crippen molar-refractivity contribution in [3.8, 4) is 11.5 Å². The molecule has 148 valence electrons. The Labute approximate surface area is 163 Å². The molecule has 1 N–H and O–H groups in total. The minimum atomic E-state index is -4.99. The molecule has 1 amide bonds. The first-order chi connectivity index (χ1) is 13.2. The van der Waals surface area contributed by atoms with Gasteiger partial charge in [-0.1, -0.05) is 17.7 Å². The summed E-state index contributed by atoms with van der Waals surface area (Å²) >= 11 is 6.12. The van der Waals surface area contributed by atoms with Crippen molar-refractivity contribution in [2.24, 2.45) is 0 Å². The van der Waals surface area contributed by atoms with Crippen molar-refractivity contribution >= 4 is 23.2 Å². The largest absolute Gasteiger partial charge is 0.471 e. The number of hydrogen-bond acceptors (Lipinski definition) is 3. The maximum atomic E-state index is 13.8. The molecule has 0 unspecified atom stereocenters. The van der Waals surface area contributed by atoms with E-state index in [1.807, 2.05) is 4.90 Å². The average Bonchev–Trinajstić information content (AvgIpc) is 2.75. The highest BCUT2D eigenvalue weighted by Crippen LogP contribution is 2.48. The first-order valence-electron chi connectivity index (χ1n) is 8.65. The molecule has 2 aromatic rings. The molecule has 0 saturated carbocycles. The highest BCUT2D eigenvalue weighted by Gasteiger charge is 2.44. The SMILES string of the molecule is O=C(N[C@H]1CCCN2c3cc(Cl)ccc3Oc3cc(F)ccc3[C@@H]12)C(F)(F)F. The molecule has 0 radical (unpaired) electrons. The van der Waals surface area contributed by atoms with Gasteiger partial charge in [0, 0.05) is 23.2 Å². The van der Waals surface area contributed by atoms with Crippen molar-refractivity contribution in [2.45, 2.75) is 31.1 Å². The van der Waals surface area contributed by atoms with Crippen LogP contribution in [0.1, 0.15) is 24.4 Å². The molecule has 2 aliphatic heterocycles. The molecule has 0 bridgehead atoms. The van der Waals surface area contributed by atoms with Crippen molar-refractivity contribution in [3.63, 3.8) is 0 Å². The Bertz CT molecular complexity index is 935. The van der Waals surface area contributed by atoms with Gasteiger partial charge in [0.25, 0.3) is 0 Å². The standard InChI is InChI=1S/C19H15ClF4N2O2/c20-10-3-6-15-14(8-10)26-7-1-2-13(25-18(27)19(22,23)24)17(26)12-5-4-11(21)9-16(12)28-15/h3-6,8-9,13,17H,1-2,7H2,(H,25,27)/t13-,17-/m0/s1. The minimum Gasteiger partial charge on any atom is -0.455 e. The van der Waals surface area contributed by atoms with Gasteiger partial charge in [0.2, 0.25) is 0 Å². The second kappa shape index (κ2) is 6.84. The predicted molar refractivity (Wildman–Crippen MR) is 95.2 cm³/mol. The van der Waals surface area contributed by atoms with Crippen molar-refractivity contribution in [1.82, 2.24) is 5.32 Å². The smallest absolute Gasteiger partial charge is 0.455 e. The van der Waals surface area contributed by atoms with Crippen LogP contribution in [-0.4, -0.2) is 24.7 Å². The number of hydrogen-bond donors (Lipinski definition) is 1. The molecule has 1 saturated heterocycles. The number of amides is 1. The summed E-state index contributed by atoms with van der Waals surface area (Å²) in [6, 6.07) is 7.30. The molecule has 2 atom stereocenters. The molecule has 4 rings (SSSR count). The van der Waals surface area contributed by atoms with E-state index >= 15 is 0 Å². The van der Waals surface area contributed by atoms with Gasteiger partial charge in [-0.25, -0.2) is 4.39 Å². The Morgan fingerprint density at radius 3 is 2.71 bits per heavy atom. The molecule has 28 heavy (non-hydrogen) atoms. The number of carbonyl (C=O) groups excluding carboxylic acids is 1. The van der Waals surface area contributed by atoms with Crippen LogP contribution in [0.25, 0.3) is 0 Å². The Balaban J connectivity index is 1.83. The number of ether oxygens (including phenoxy) is 1. The monoisotopic (exact) mass is 414 g/mol. The number of fused-ring (bicyclic) bond motifs is 5. The van der Waals surface area contributed by atoms with Gasteiger partial charge in [-0.2, -0.15) is 13.2 Å². The second-order valence-electron chi connectivity index (χ2n) is 6.75. The lowest BCUT2D eigenvalue weighted by Crippen LogP contribution is -2.52. The number of carbonyl (C=O) groups is 1. The lowest BCUT2D eigenvalue weighted by molar-refractivity contribution is -0.174. The van der Waals surface area contributed by atoms with Gasteiger partial charge >= 0.3 is 12.1 Å². The highest BCUT2D eigenvalue weighted by atomic mass is 35.5. The number of nitrogens with one attached hydrogen (secondary N) is 1. The maximum Gasteiger partial charge on any atom is 0.471 e. The van der Waals surface area contributed by atoms with Gasteiger partial charge in [0.15, 0.2) is 5.75 Å². The first-order valence-corrected chi connectivity index (χ1v) is 9.03. The summed E-state index contributed by atoms with van der Waals surface area (Å²) in [6.07, 6.45) is -4.09. The third kappa shape index (κ3) is 3.37. The van der Waals surface area contributed by atoms with Crippen LogP contribution in [0, 0.1) is 5.82 Å². The Kier molecular flexibility index (Phi) is 4.61. The van der Waals surface area contributed by atoms with E-state index < -0.39 is 30.0 Å². The van der Waals surface area contributed by atoms with Crippen molar-refractivity contribution in [3.05, 3.63) is 52.8 Å². The summed E-state index contributed by atoms with van der Waals surface area (Å²) in [7, 11) is 0. The van der Waals surface area contributed by atoms with Gasteiger partial charge in [-0.15, -0.1) is 0 Å². The summed E-state index contributed by atoms with van der Waals surface area (Å²) < 4.78 is 58.2. The van der Waals surface area contributed by atoms with Gasteiger partial charge in [-0.05, 0) is 37.1 Å². The number of nitrogens with zero attached hydrogens (tertiary/aromatic N) is 1. The van der Waals surface area contributed by atoms with Crippen molar-refractivity contribution in [1.29, 1.82) is 0 Å². The topological polar surface area (TPSA) is 41.6 Å². The van der Waals surface area contributed by atoms with E-state index in [0.717, 1.165) is 0 Å². The van der Waals surface area contributed by atoms with E-state index in [4.69, 9.17) is 16.3 Å².